The number of methoxy groups -OCH3 is 2. The number of phenolic OH excluding ortho intramolecular Hbond substituents is 1. The normalized spacial score (nSPS) is 11.5. The van der Waals surface area contributed by atoms with Gasteiger partial charge in [0.25, 0.3) is 0 Å². The Morgan fingerprint density at radius 1 is 1.04 bits per heavy atom. The van der Waals surface area contributed by atoms with Gasteiger partial charge < -0.3 is 24.1 Å². The number of pyridine rings is 1. The number of ether oxygens (including phenoxy) is 2. The van der Waals surface area contributed by atoms with Gasteiger partial charge in [-0.3, -0.25) is 9.89 Å². The number of nitrogens with one attached hydrogen (secondary N) is 2. The van der Waals surface area contributed by atoms with E-state index in [0.717, 1.165) is 16.5 Å². The summed E-state index contributed by atoms with van der Waals surface area (Å²) in [6.07, 6.45) is 1.78. The highest BCUT2D eigenvalue weighted by Gasteiger charge is 2.21. The molecule has 0 aliphatic rings. The van der Waals surface area contributed by atoms with Crippen LogP contribution in [-0.2, 0) is 0 Å². The molecule has 3 heterocycles. The summed E-state index contributed by atoms with van der Waals surface area (Å²) in [6.45, 7) is 0. The standard InChI is InChI=1S/C20H15N3O5/c1-26-13-6-3-9(7-14(13)27-2)15-11-8-21-23-20(11)22-16-10-4-5-12(24)17(25)18(10)28-19(15)16/h3-8,25H,1-2H3,(H2,21,22,23). The molecule has 0 saturated carbocycles. The first-order chi connectivity index (χ1) is 13.6. The topological polar surface area (TPSA) is 113 Å². The molecule has 0 saturated heterocycles. The molecular weight excluding hydrogens is 362 g/mol. The van der Waals surface area contributed by atoms with Gasteiger partial charge in [0.1, 0.15) is 5.52 Å². The molecule has 0 unspecified atom stereocenters. The summed E-state index contributed by atoms with van der Waals surface area (Å²) in [4.78, 5) is 16.4. The number of hydrogen-bond donors (Lipinski definition) is 3. The SMILES string of the molecule is COc1ccc(-c2c3c[nH][nH]c3nc3c2oc2c(O)c(=O)ccc23)cc1OC. The van der Waals surface area contributed by atoms with E-state index in [-0.39, 0.29) is 5.58 Å². The second kappa shape index (κ2) is 5.78. The first-order valence-electron chi connectivity index (χ1n) is 8.48. The summed E-state index contributed by atoms with van der Waals surface area (Å²) in [5.41, 5.74) is 2.80. The second-order valence-electron chi connectivity index (χ2n) is 6.30. The molecule has 8 heteroatoms. The molecule has 5 rings (SSSR count). The lowest BCUT2D eigenvalue weighted by Gasteiger charge is -2.10. The van der Waals surface area contributed by atoms with Crippen LogP contribution in [0.1, 0.15) is 0 Å². The Morgan fingerprint density at radius 3 is 2.64 bits per heavy atom. The Balaban J connectivity index is 1.95. The number of rotatable bonds is 3. The van der Waals surface area contributed by atoms with Crippen LogP contribution in [0.15, 0.2) is 45.7 Å². The molecule has 0 fully saturated rings. The lowest BCUT2D eigenvalue weighted by Crippen LogP contribution is -1.95. The fourth-order valence-corrected chi connectivity index (χ4v) is 3.50. The number of aromatic nitrogens is 3. The minimum absolute atomic E-state index is 0.119. The summed E-state index contributed by atoms with van der Waals surface area (Å²) < 4.78 is 16.7. The Labute approximate surface area is 157 Å². The molecule has 0 amide bonds. The van der Waals surface area contributed by atoms with Crippen molar-refractivity contribution in [3.05, 3.63) is 46.8 Å². The van der Waals surface area contributed by atoms with Crippen molar-refractivity contribution < 1.29 is 19.0 Å². The Morgan fingerprint density at radius 2 is 1.86 bits per heavy atom. The van der Waals surface area contributed by atoms with Gasteiger partial charge in [-0.2, -0.15) is 0 Å². The van der Waals surface area contributed by atoms with E-state index in [0.29, 0.717) is 33.6 Å². The van der Waals surface area contributed by atoms with Crippen LogP contribution in [0.4, 0.5) is 0 Å². The van der Waals surface area contributed by atoms with Crippen LogP contribution >= 0.6 is 0 Å². The number of nitrogens with zero attached hydrogens (tertiary/aromatic N) is 1. The van der Waals surface area contributed by atoms with Gasteiger partial charge in [-0.1, -0.05) is 6.07 Å². The van der Waals surface area contributed by atoms with E-state index >= 15 is 0 Å². The van der Waals surface area contributed by atoms with Crippen LogP contribution in [0.2, 0.25) is 0 Å². The lowest BCUT2D eigenvalue weighted by atomic mass is 10.0. The molecule has 0 atom stereocenters. The minimum Gasteiger partial charge on any atom is -0.502 e. The molecule has 3 aromatic heterocycles. The van der Waals surface area contributed by atoms with Crippen LogP contribution in [0.3, 0.4) is 0 Å². The molecule has 0 aliphatic heterocycles. The van der Waals surface area contributed by atoms with Gasteiger partial charge in [0.15, 0.2) is 28.3 Å². The number of aromatic amines is 2. The van der Waals surface area contributed by atoms with Gasteiger partial charge >= 0.3 is 0 Å². The fourth-order valence-electron chi connectivity index (χ4n) is 3.50. The molecular formula is C20H15N3O5. The fraction of sp³-hybridized carbons (Fsp3) is 0.100. The third-order valence-corrected chi connectivity index (χ3v) is 4.82. The van der Waals surface area contributed by atoms with E-state index in [4.69, 9.17) is 13.9 Å². The van der Waals surface area contributed by atoms with Crippen molar-refractivity contribution in [1.29, 1.82) is 0 Å². The zero-order valence-electron chi connectivity index (χ0n) is 15.0. The van der Waals surface area contributed by atoms with E-state index in [1.165, 1.54) is 6.07 Å². The summed E-state index contributed by atoms with van der Waals surface area (Å²) in [5.74, 6) is 0.745. The van der Waals surface area contributed by atoms with Crippen molar-refractivity contribution in [3.63, 3.8) is 0 Å². The van der Waals surface area contributed by atoms with Crippen LogP contribution in [0.5, 0.6) is 17.2 Å². The van der Waals surface area contributed by atoms with Gasteiger partial charge in [-0.15, -0.1) is 0 Å². The van der Waals surface area contributed by atoms with Crippen LogP contribution in [-0.4, -0.2) is 34.5 Å². The summed E-state index contributed by atoms with van der Waals surface area (Å²) >= 11 is 0. The van der Waals surface area contributed by atoms with Gasteiger partial charge in [-0.05, 0) is 29.8 Å². The molecule has 2 aromatic carbocycles. The van der Waals surface area contributed by atoms with Crippen LogP contribution in [0.25, 0.3) is 44.2 Å². The zero-order chi connectivity index (χ0) is 19.4. The smallest absolute Gasteiger partial charge is 0.224 e. The van der Waals surface area contributed by atoms with E-state index < -0.39 is 11.2 Å². The first-order valence-corrected chi connectivity index (χ1v) is 8.48. The van der Waals surface area contributed by atoms with E-state index in [9.17, 15) is 9.90 Å². The molecule has 28 heavy (non-hydrogen) atoms. The number of phenols is 1. The number of benzene rings is 2. The van der Waals surface area contributed by atoms with Crippen molar-refractivity contribution >= 4 is 33.1 Å². The van der Waals surface area contributed by atoms with Crippen LogP contribution in [0, 0.1) is 0 Å². The van der Waals surface area contributed by atoms with Crippen molar-refractivity contribution in [1.82, 2.24) is 15.2 Å². The molecule has 5 aromatic rings. The van der Waals surface area contributed by atoms with E-state index in [1.54, 1.807) is 32.5 Å². The summed E-state index contributed by atoms with van der Waals surface area (Å²) in [6, 6.07) is 8.43. The average Bonchev–Trinajstić information content (AvgIpc) is 3.33. The van der Waals surface area contributed by atoms with E-state index in [1.807, 2.05) is 12.1 Å². The molecule has 0 aliphatic carbocycles. The van der Waals surface area contributed by atoms with Gasteiger partial charge in [-0.25, -0.2) is 4.98 Å². The Hall–Kier alpha value is -3.94. The maximum Gasteiger partial charge on any atom is 0.224 e. The molecule has 0 spiro atoms. The number of H-pyrrole nitrogens is 2. The molecule has 0 bridgehead atoms. The highest BCUT2D eigenvalue weighted by Crippen LogP contribution is 2.42. The molecule has 0 radical (unpaired) electrons. The van der Waals surface area contributed by atoms with E-state index in [2.05, 4.69) is 15.2 Å². The highest BCUT2D eigenvalue weighted by atomic mass is 16.5. The van der Waals surface area contributed by atoms with Gasteiger partial charge in [0.05, 0.1) is 19.6 Å². The maximum atomic E-state index is 11.8. The van der Waals surface area contributed by atoms with Crippen molar-refractivity contribution in [3.8, 4) is 28.4 Å². The Kier molecular flexibility index (Phi) is 3.35. The molecule has 8 nitrogen and oxygen atoms in total. The monoisotopic (exact) mass is 377 g/mol. The predicted octanol–water partition coefficient (Wildman–Crippen LogP) is 3.54. The van der Waals surface area contributed by atoms with Crippen molar-refractivity contribution in [2.75, 3.05) is 14.2 Å². The summed E-state index contributed by atoms with van der Waals surface area (Å²) in [5, 5.41) is 17.5. The number of hydrogen-bond acceptors (Lipinski definition) is 6. The van der Waals surface area contributed by atoms with Crippen molar-refractivity contribution in [2.24, 2.45) is 0 Å². The highest BCUT2D eigenvalue weighted by molar-refractivity contribution is 6.15. The van der Waals surface area contributed by atoms with Crippen LogP contribution < -0.4 is 14.9 Å². The van der Waals surface area contributed by atoms with Crippen molar-refractivity contribution in [2.45, 2.75) is 0 Å². The third kappa shape index (κ3) is 2.11. The van der Waals surface area contributed by atoms with Gasteiger partial charge in [0, 0.05) is 17.1 Å². The lowest BCUT2D eigenvalue weighted by molar-refractivity contribution is 0.355. The minimum atomic E-state index is -0.502. The first kappa shape index (κ1) is 16.2. The number of fused-ring (bicyclic) bond motifs is 4. The molecule has 3 N–H and O–H groups in total. The molecule has 140 valence electrons. The largest absolute Gasteiger partial charge is 0.502 e. The number of furan rings is 1. The summed E-state index contributed by atoms with van der Waals surface area (Å²) in [7, 11) is 3.14. The Bertz CT molecular complexity index is 1430. The third-order valence-electron chi connectivity index (χ3n) is 4.82. The second-order valence-corrected chi connectivity index (χ2v) is 6.30. The predicted molar refractivity (Wildman–Crippen MR) is 104 cm³/mol. The average molecular weight is 377 g/mol. The zero-order valence-corrected chi connectivity index (χ0v) is 15.0. The quantitative estimate of drug-likeness (QED) is 0.443. The maximum absolute atomic E-state index is 11.8. The number of aromatic hydroxyl groups is 1. The van der Waals surface area contributed by atoms with Gasteiger partial charge in [0.2, 0.25) is 11.2 Å².